The Hall–Kier alpha value is -6.37. The molecule has 0 spiro atoms. The molecule has 2 aromatic heterocycles. The minimum atomic E-state index is 0.624. The zero-order valence-corrected chi connectivity index (χ0v) is 24.7. The van der Waals surface area contributed by atoms with Gasteiger partial charge in [-0.3, -0.25) is 0 Å². The minimum Gasteiger partial charge on any atom is -0.456 e. The number of nitrogens with zero attached hydrogens (tertiary/aromatic N) is 1. The zero-order valence-electron chi connectivity index (χ0n) is 24.7. The van der Waals surface area contributed by atoms with Crippen LogP contribution in [-0.2, 0) is 0 Å². The van der Waals surface area contributed by atoms with Crippen molar-refractivity contribution in [1.82, 2.24) is 0 Å². The van der Waals surface area contributed by atoms with Crippen molar-refractivity contribution in [2.45, 2.75) is 0 Å². The van der Waals surface area contributed by atoms with Crippen molar-refractivity contribution in [3.63, 3.8) is 0 Å². The molecule has 9 rings (SSSR count). The van der Waals surface area contributed by atoms with Gasteiger partial charge in [0.15, 0.2) is 0 Å². The molecule has 3 nitrogen and oxygen atoms in total. The highest BCUT2D eigenvalue weighted by atomic mass is 16.3. The van der Waals surface area contributed by atoms with Crippen molar-refractivity contribution in [1.29, 1.82) is 5.26 Å². The van der Waals surface area contributed by atoms with Gasteiger partial charge in [-0.2, -0.15) is 5.26 Å². The summed E-state index contributed by atoms with van der Waals surface area (Å²) >= 11 is 0. The molecule has 0 aliphatic carbocycles. The molecule has 0 saturated heterocycles. The van der Waals surface area contributed by atoms with E-state index in [1.807, 2.05) is 66.7 Å². The molecule has 214 valence electrons. The van der Waals surface area contributed by atoms with Gasteiger partial charge < -0.3 is 8.83 Å². The molecular weight excluding hydrogens is 562 g/mol. The molecule has 0 radical (unpaired) electrons. The standard InChI is InChI=1S/C43H25NO2/c44-26-29-12-8-15-33(27-10-2-1-3-11-27)42(29)32-23-30(28-20-21-37-35-13-4-6-18-39(35)45-41(37)25-28)22-31(24-32)34-16-9-17-38-36-14-5-7-19-40(36)46-43(34)38/h1-25H. The van der Waals surface area contributed by atoms with E-state index >= 15 is 0 Å². The number of furan rings is 2. The summed E-state index contributed by atoms with van der Waals surface area (Å²) in [5, 5.41) is 14.7. The van der Waals surface area contributed by atoms with Gasteiger partial charge in [0, 0.05) is 32.7 Å². The van der Waals surface area contributed by atoms with Gasteiger partial charge in [-0.15, -0.1) is 0 Å². The maximum Gasteiger partial charge on any atom is 0.143 e. The highest BCUT2D eigenvalue weighted by molar-refractivity contribution is 6.10. The van der Waals surface area contributed by atoms with Crippen molar-refractivity contribution in [3.05, 3.63) is 157 Å². The van der Waals surface area contributed by atoms with Crippen LogP contribution in [0.15, 0.2) is 160 Å². The van der Waals surface area contributed by atoms with Crippen LogP contribution in [0.2, 0.25) is 0 Å². The molecule has 0 N–H and O–H groups in total. The summed E-state index contributed by atoms with van der Waals surface area (Å²) in [4.78, 5) is 0. The van der Waals surface area contributed by atoms with Gasteiger partial charge in [0.25, 0.3) is 0 Å². The van der Waals surface area contributed by atoms with Crippen LogP contribution < -0.4 is 0 Å². The van der Waals surface area contributed by atoms with Crippen LogP contribution in [0.25, 0.3) is 88.4 Å². The fourth-order valence-electron chi connectivity index (χ4n) is 6.79. The fourth-order valence-corrected chi connectivity index (χ4v) is 6.79. The van der Waals surface area contributed by atoms with Gasteiger partial charge in [0.1, 0.15) is 22.3 Å². The third kappa shape index (κ3) is 4.13. The van der Waals surface area contributed by atoms with E-state index in [-0.39, 0.29) is 0 Å². The predicted molar refractivity (Wildman–Crippen MR) is 187 cm³/mol. The van der Waals surface area contributed by atoms with E-state index in [4.69, 9.17) is 8.83 Å². The Balaban J connectivity index is 1.34. The zero-order chi connectivity index (χ0) is 30.6. The predicted octanol–water partition coefficient (Wildman–Crippen LogP) is 12.0. The lowest BCUT2D eigenvalue weighted by Gasteiger charge is -2.16. The van der Waals surface area contributed by atoms with E-state index in [0.29, 0.717) is 5.56 Å². The van der Waals surface area contributed by atoms with E-state index in [1.165, 1.54) is 0 Å². The summed E-state index contributed by atoms with van der Waals surface area (Å²) < 4.78 is 12.8. The molecule has 0 atom stereocenters. The highest BCUT2D eigenvalue weighted by Gasteiger charge is 2.18. The Morgan fingerprint density at radius 1 is 0.391 bits per heavy atom. The summed E-state index contributed by atoms with van der Waals surface area (Å²) in [5.74, 6) is 0. The molecule has 0 aliphatic heterocycles. The van der Waals surface area contributed by atoms with Crippen molar-refractivity contribution in [2.24, 2.45) is 0 Å². The molecule has 9 aromatic rings. The Kier molecular flexibility index (Phi) is 5.88. The van der Waals surface area contributed by atoms with Crippen molar-refractivity contribution < 1.29 is 8.83 Å². The number of benzene rings is 7. The van der Waals surface area contributed by atoms with E-state index in [1.54, 1.807) is 0 Å². The van der Waals surface area contributed by atoms with E-state index in [9.17, 15) is 5.26 Å². The smallest absolute Gasteiger partial charge is 0.143 e. The topological polar surface area (TPSA) is 50.1 Å². The SMILES string of the molecule is N#Cc1cccc(-c2ccccc2)c1-c1cc(-c2ccc3c(c2)oc2ccccc23)cc(-c2cccc3c2oc2ccccc23)c1. The number of para-hydroxylation sites is 3. The summed E-state index contributed by atoms with van der Waals surface area (Å²) in [6.07, 6.45) is 0. The highest BCUT2D eigenvalue weighted by Crippen LogP contribution is 2.42. The maximum atomic E-state index is 10.4. The molecule has 46 heavy (non-hydrogen) atoms. The van der Waals surface area contributed by atoms with E-state index < -0.39 is 0 Å². The van der Waals surface area contributed by atoms with Gasteiger partial charge in [-0.05, 0) is 81.9 Å². The second-order valence-corrected chi connectivity index (χ2v) is 11.6. The van der Waals surface area contributed by atoms with Crippen LogP contribution in [0.1, 0.15) is 5.56 Å². The van der Waals surface area contributed by atoms with Crippen molar-refractivity contribution in [3.8, 4) is 50.6 Å². The first-order chi connectivity index (χ1) is 22.7. The molecule has 7 aromatic carbocycles. The molecular formula is C43H25NO2. The monoisotopic (exact) mass is 587 g/mol. The van der Waals surface area contributed by atoms with Crippen LogP contribution in [0.5, 0.6) is 0 Å². The lowest BCUT2D eigenvalue weighted by atomic mass is 9.87. The van der Waals surface area contributed by atoms with Gasteiger partial charge >= 0.3 is 0 Å². The van der Waals surface area contributed by atoms with Gasteiger partial charge in [-0.25, -0.2) is 0 Å². The van der Waals surface area contributed by atoms with E-state index in [2.05, 4.69) is 91.0 Å². The molecule has 0 aliphatic rings. The molecule has 0 bridgehead atoms. The summed E-state index contributed by atoms with van der Waals surface area (Å²) in [5.41, 5.74) is 12.0. The van der Waals surface area contributed by atoms with Gasteiger partial charge in [-0.1, -0.05) is 103 Å². The Morgan fingerprint density at radius 2 is 1.02 bits per heavy atom. The number of hydrogen-bond donors (Lipinski definition) is 0. The first kappa shape index (κ1) is 26.1. The van der Waals surface area contributed by atoms with Gasteiger partial charge in [0.05, 0.1) is 11.6 Å². The average Bonchev–Trinajstić information content (AvgIpc) is 3.69. The van der Waals surface area contributed by atoms with Gasteiger partial charge in [0.2, 0.25) is 0 Å². The number of fused-ring (bicyclic) bond motifs is 6. The second kappa shape index (κ2) is 10.4. The molecule has 3 heteroatoms. The quantitative estimate of drug-likeness (QED) is 0.206. The Morgan fingerprint density at radius 3 is 1.85 bits per heavy atom. The second-order valence-electron chi connectivity index (χ2n) is 11.6. The largest absolute Gasteiger partial charge is 0.456 e. The fraction of sp³-hybridized carbons (Fsp3) is 0. The minimum absolute atomic E-state index is 0.624. The number of rotatable bonds is 4. The van der Waals surface area contributed by atoms with Crippen LogP contribution in [0.3, 0.4) is 0 Å². The first-order valence-electron chi connectivity index (χ1n) is 15.3. The summed E-state index contributed by atoms with van der Waals surface area (Å²) in [6, 6.07) is 54.3. The summed E-state index contributed by atoms with van der Waals surface area (Å²) in [7, 11) is 0. The molecule has 2 heterocycles. The number of hydrogen-bond acceptors (Lipinski definition) is 3. The third-order valence-electron chi connectivity index (χ3n) is 8.92. The van der Waals surface area contributed by atoms with Crippen molar-refractivity contribution >= 4 is 43.9 Å². The van der Waals surface area contributed by atoms with Crippen LogP contribution in [0, 0.1) is 11.3 Å². The van der Waals surface area contributed by atoms with Crippen LogP contribution in [0.4, 0.5) is 0 Å². The molecule has 0 unspecified atom stereocenters. The lowest BCUT2D eigenvalue weighted by molar-refractivity contribution is 0.669. The van der Waals surface area contributed by atoms with Crippen LogP contribution >= 0.6 is 0 Å². The first-order valence-corrected chi connectivity index (χ1v) is 15.3. The third-order valence-corrected chi connectivity index (χ3v) is 8.92. The lowest BCUT2D eigenvalue weighted by Crippen LogP contribution is -1.92. The maximum absolute atomic E-state index is 10.4. The van der Waals surface area contributed by atoms with Crippen LogP contribution in [-0.4, -0.2) is 0 Å². The molecule has 0 amide bonds. The Bertz CT molecular complexity index is 2650. The normalized spacial score (nSPS) is 11.5. The average molecular weight is 588 g/mol. The van der Waals surface area contributed by atoms with Crippen molar-refractivity contribution in [2.75, 3.05) is 0 Å². The van der Waals surface area contributed by atoms with E-state index in [0.717, 1.165) is 88.4 Å². The molecule has 0 fully saturated rings. The number of nitriles is 1. The Labute approximate surface area is 265 Å². The molecule has 0 saturated carbocycles. The summed E-state index contributed by atoms with van der Waals surface area (Å²) in [6.45, 7) is 0.